The van der Waals surface area contributed by atoms with E-state index in [9.17, 15) is 0 Å². The Morgan fingerprint density at radius 1 is 1.53 bits per heavy atom. The van der Waals surface area contributed by atoms with E-state index < -0.39 is 5.54 Å². The van der Waals surface area contributed by atoms with Gasteiger partial charge in [-0.25, -0.2) is 0 Å². The van der Waals surface area contributed by atoms with Crippen LogP contribution in [0.3, 0.4) is 0 Å². The molecule has 2 heterocycles. The molecule has 0 saturated carbocycles. The molecule has 0 spiro atoms. The normalized spacial score (nSPS) is 14.8. The smallest absolute Gasteiger partial charge is 0.293 e. The zero-order chi connectivity index (χ0) is 12.5. The standard InChI is InChI=1S/C11H15N3O3/c1-7-4-5-16-8(7)9-13-10(14-17-9)11(2,12)6-15-3/h4-5H,6,12H2,1-3H3. The molecule has 0 saturated heterocycles. The molecule has 0 aliphatic rings. The van der Waals surface area contributed by atoms with Crippen molar-refractivity contribution in [2.45, 2.75) is 19.4 Å². The summed E-state index contributed by atoms with van der Waals surface area (Å²) in [7, 11) is 1.57. The second-order valence-corrected chi connectivity index (χ2v) is 4.21. The van der Waals surface area contributed by atoms with Gasteiger partial charge in [-0.05, 0) is 19.9 Å². The van der Waals surface area contributed by atoms with E-state index in [2.05, 4.69) is 10.1 Å². The number of rotatable bonds is 4. The maximum atomic E-state index is 6.01. The Kier molecular flexibility index (Phi) is 2.99. The molecule has 6 heteroatoms. The van der Waals surface area contributed by atoms with E-state index in [1.807, 2.05) is 13.0 Å². The number of methoxy groups -OCH3 is 1. The molecule has 2 aromatic rings. The van der Waals surface area contributed by atoms with Gasteiger partial charge in [0, 0.05) is 12.7 Å². The average molecular weight is 237 g/mol. The van der Waals surface area contributed by atoms with Crippen molar-refractivity contribution in [3.05, 3.63) is 23.7 Å². The number of nitrogens with two attached hydrogens (primary N) is 1. The van der Waals surface area contributed by atoms with Crippen LogP contribution in [0.15, 0.2) is 21.3 Å². The fourth-order valence-corrected chi connectivity index (χ4v) is 1.50. The Hall–Kier alpha value is -1.66. The fourth-order valence-electron chi connectivity index (χ4n) is 1.50. The SMILES string of the molecule is COCC(C)(N)c1noc(-c2occc2C)n1. The first-order valence-electron chi connectivity index (χ1n) is 5.21. The summed E-state index contributed by atoms with van der Waals surface area (Å²) < 4.78 is 15.4. The lowest BCUT2D eigenvalue weighted by molar-refractivity contribution is 0.135. The first kappa shape index (κ1) is 11.8. The number of aromatic nitrogens is 2. The minimum atomic E-state index is -0.781. The van der Waals surface area contributed by atoms with Crippen LogP contribution in [0.1, 0.15) is 18.3 Å². The maximum Gasteiger partial charge on any atom is 0.293 e. The second-order valence-electron chi connectivity index (χ2n) is 4.21. The summed E-state index contributed by atoms with van der Waals surface area (Å²) in [5, 5.41) is 3.85. The summed E-state index contributed by atoms with van der Waals surface area (Å²) in [6.07, 6.45) is 1.57. The van der Waals surface area contributed by atoms with Gasteiger partial charge in [0.2, 0.25) is 0 Å². The predicted octanol–water partition coefficient (Wildman–Crippen LogP) is 1.46. The summed E-state index contributed by atoms with van der Waals surface area (Å²) in [6, 6.07) is 1.83. The lowest BCUT2D eigenvalue weighted by atomic mass is 10.1. The van der Waals surface area contributed by atoms with Gasteiger partial charge in [-0.1, -0.05) is 5.16 Å². The van der Waals surface area contributed by atoms with Crippen LogP contribution in [0.4, 0.5) is 0 Å². The quantitative estimate of drug-likeness (QED) is 0.866. The van der Waals surface area contributed by atoms with Crippen molar-refractivity contribution >= 4 is 0 Å². The van der Waals surface area contributed by atoms with Crippen molar-refractivity contribution in [3.63, 3.8) is 0 Å². The molecule has 17 heavy (non-hydrogen) atoms. The molecule has 0 fully saturated rings. The summed E-state index contributed by atoms with van der Waals surface area (Å²) in [5.74, 6) is 1.29. The average Bonchev–Trinajstić information content (AvgIpc) is 2.85. The van der Waals surface area contributed by atoms with Gasteiger partial charge in [-0.15, -0.1) is 0 Å². The van der Waals surface area contributed by atoms with Gasteiger partial charge in [0.1, 0.15) is 5.54 Å². The van der Waals surface area contributed by atoms with Gasteiger partial charge in [0.05, 0.1) is 12.9 Å². The highest BCUT2D eigenvalue weighted by atomic mass is 16.5. The van der Waals surface area contributed by atoms with Crippen molar-refractivity contribution in [1.82, 2.24) is 10.1 Å². The topological polar surface area (TPSA) is 87.3 Å². The Morgan fingerprint density at radius 3 is 2.88 bits per heavy atom. The van der Waals surface area contributed by atoms with Crippen LogP contribution in [0.5, 0.6) is 0 Å². The molecule has 92 valence electrons. The van der Waals surface area contributed by atoms with Crippen molar-refractivity contribution in [2.75, 3.05) is 13.7 Å². The Morgan fingerprint density at radius 2 is 2.29 bits per heavy atom. The van der Waals surface area contributed by atoms with E-state index in [0.29, 0.717) is 24.1 Å². The molecule has 2 rings (SSSR count). The molecule has 0 aliphatic carbocycles. The molecule has 1 atom stereocenters. The van der Waals surface area contributed by atoms with Crippen molar-refractivity contribution in [1.29, 1.82) is 0 Å². The van der Waals surface area contributed by atoms with Crippen LogP contribution in [-0.4, -0.2) is 23.9 Å². The van der Waals surface area contributed by atoms with Crippen LogP contribution in [0.25, 0.3) is 11.7 Å². The first-order valence-corrected chi connectivity index (χ1v) is 5.21. The molecule has 2 N–H and O–H groups in total. The fraction of sp³-hybridized carbons (Fsp3) is 0.455. The lowest BCUT2D eigenvalue weighted by Gasteiger charge is -2.18. The zero-order valence-electron chi connectivity index (χ0n) is 10.1. The maximum absolute atomic E-state index is 6.01. The van der Waals surface area contributed by atoms with Gasteiger partial charge in [-0.2, -0.15) is 4.98 Å². The Labute approximate surface area is 98.7 Å². The van der Waals surface area contributed by atoms with Gasteiger partial charge in [0.15, 0.2) is 11.6 Å². The van der Waals surface area contributed by atoms with Crippen LogP contribution in [0, 0.1) is 6.92 Å². The third-order valence-corrected chi connectivity index (χ3v) is 2.44. The Balaban J connectivity index is 2.31. The summed E-state index contributed by atoms with van der Waals surface area (Å²) >= 11 is 0. The Bertz CT molecular complexity index is 502. The minimum Gasteiger partial charge on any atom is -0.459 e. The second kappa shape index (κ2) is 4.31. The van der Waals surface area contributed by atoms with Crippen LogP contribution < -0.4 is 5.73 Å². The van der Waals surface area contributed by atoms with Crippen LogP contribution in [0.2, 0.25) is 0 Å². The number of ether oxygens (including phenoxy) is 1. The largest absolute Gasteiger partial charge is 0.459 e. The highest BCUT2D eigenvalue weighted by Gasteiger charge is 2.28. The highest BCUT2D eigenvalue weighted by molar-refractivity contribution is 5.49. The molecule has 0 amide bonds. The van der Waals surface area contributed by atoms with E-state index in [4.69, 9.17) is 19.4 Å². The number of hydrogen-bond donors (Lipinski definition) is 1. The number of nitrogens with zero attached hydrogens (tertiary/aromatic N) is 2. The van der Waals surface area contributed by atoms with E-state index >= 15 is 0 Å². The third-order valence-electron chi connectivity index (χ3n) is 2.44. The van der Waals surface area contributed by atoms with Gasteiger partial charge >= 0.3 is 0 Å². The molecular formula is C11H15N3O3. The molecule has 0 bridgehead atoms. The molecule has 2 aromatic heterocycles. The summed E-state index contributed by atoms with van der Waals surface area (Å²) in [5.41, 5.74) is 6.17. The first-order chi connectivity index (χ1) is 8.04. The molecule has 0 aromatic carbocycles. The van der Waals surface area contributed by atoms with E-state index in [1.165, 1.54) is 0 Å². The number of aryl methyl sites for hydroxylation is 1. The van der Waals surface area contributed by atoms with E-state index in [1.54, 1.807) is 20.3 Å². The van der Waals surface area contributed by atoms with Crippen molar-refractivity contribution in [2.24, 2.45) is 5.73 Å². The van der Waals surface area contributed by atoms with E-state index in [0.717, 1.165) is 5.56 Å². The zero-order valence-corrected chi connectivity index (χ0v) is 10.1. The molecule has 0 aliphatic heterocycles. The molecule has 6 nitrogen and oxygen atoms in total. The summed E-state index contributed by atoms with van der Waals surface area (Å²) in [6.45, 7) is 3.99. The number of hydrogen-bond acceptors (Lipinski definition) is 6. The summed E-state index contributed by atoms with van der Waals surface area (Å²) in [4.78, 5) is 4.23. The molecular weight excluding hydrogens is 222 g/mol. The van der Waals surface area contributed by atoms with Gasteiger partial charge in [-0.3, -0.25) is 0 Å². The van der Waals surface area contributed by atoms with Crippen LogP contribution in [-0.2, 0) is 10.3 Å². The van der Waals surface area contributed by atoms with Crippen molar-refractivity contribution < 1.29 is 13.7 Å². The van der Waals surface area contributed by atoms with Crippen molar-refractivity contribution in [3.8, 4) is 11.7 Å². The van der Waals surface area contributed by atoms with Gasteiger partial charge < -0.3 is 19.4 Å². The van der Waals surface area contributed by atoms with E-state index in [-0.39, 0.29) is 0 Å². The predicted molar refractivity (Wildman–Crippen MR) is 60.2 cm³/mol. The molecule has 1 unspecified atom stereocenters. The monoisotopic (exact) mass is 237 g/mol. The number of furan rings is 1. The lowest BCUT2D eigenvalue weighted by Crippen LogP contribution is -2.38. The minimum absolute atomic E-state index is 0.309. The third kappa shape index (κ3) is 2.22. The van der Waals surface area contributed by atoms with Crippen LogP contribution >= 0.6 is 0 Å². The molecule has 0 radical (unpaired) electrons. The highest BCUT2D eigenvalue weighted by Crippen LogP contribution is 2.24. The van der Waals surface area contributed by atoms with Gasteiger partial charge in [0.25, 0.3) is 5.89 Å².